The lowest BCUT2D eigenvalue weighted by atomic mass is 10.1. The largest absolute Gasteiger partial charge is 0.449 e. The van der Waals surface area contributed by atoms with Crippen molar-refractivity contribution < 1.29 is 19.4 Å². The number of carbonyl (C=O) groups excluding carboxylic acids is 2. The van der Waals surface area contributed by atoms with E-state index in [1.54, 1.807) is 24.3 Å². The molecule has 0 heterocycles. The van der Waals surface area contributed by atoms with Gasteiger partial charge in [-0.2, -0.15) is 0 Å². The maximum absolute atomic E-state index is 11.8. The molecule has 0 saturated carbocycles. The normalized spacial score (nSPS) is 11.7. The van der Waals surface area contributed by atoms with E-state index in [1.165, 1.54) is 6.92 Å². The van der Waals surface area contributed by atoms with Crippen LogP contribution in [0.1, 0.15) is 36.2 Å². The maximum Gasteiger partial charge on any atom is 0.338 e. The Morgan fingerprint density at radius 2 is 1.95 bits per heavy atom. The van der Waals surface area contributed by atoms with Crippen LogP contribution in [0.5, 0.6) is 0 Å². The van der Waals surface area contributed by atoms with Crippen LogP contribution in [0.3, 0.4) is 0 Å². The first-order valence-corrected chi connectivity index (χ1v) is 6.27. The lowest BCUT2D eigenvalue weighted by Gasteiger charge is -2.13. The van der Waals surface area contributed by atoms with Crippen LogP contribution in [0.4, 0.5) is 0 Å². The molecule has 1 rings (SSSR count). The number of carbonyl (C=O) groups is 2. The summed E-state index contributed by atoms with van der Waals surface area (Å²) in [5.74, 6) is -0.856. The minimum Gasteiger partial charge on any atom is -0.449 e. The zero-order valence-corrected chi connectivity index (χ0v) is 11.2. The Balaban J connectivity index is 2.55. The molecule has 104 valence electrons. The average Bonchev–Trinajstić information content (AvgIpc) is 2.44. The summed E-state index contributed by atoms with van der Waals surface area (Å²) in [5.41, 5.74) is 1.07. The molecule has 19 heavy (non-hydrogen) atoms. The molecule has 5 nitrogen and oxygen atoms in total. The van der Waals surface area contributed by atoms with Gasteiger partial charge in [-0.1, -0.05) is 19.1 Å². The van der Waals surface area contributed by atoms with Crippen molar-refractivity contribution in [1.82, 2.24) is 5.32 Å². The van der Waals surface area contributed by atoms with Crippen LogP contribution in [0.15, 0.2) is 24.3 Å². The van der Waals surface area contributed by atoms with Gasteiger partial charge < -0.3 is 15.2 Å². The molecule has 0 aliphatic heterocycles. The Kier molecular flexibility index (Phi) is 6.02. The van der Waals surface area contributed by atoms with E-state index in [2.05, 4.69) is 5.32 Å². The fourth-order valence-corrected chi connectivity index (χ4v) is 1.42. The number of aliphatic hydroxyl groups excluding tert-OH is 1. The van der Waals surface area contributed by atoms with Gasteiger partial charge in [-0.3, -0.25) is 4.79 Å². The third kappa shape index (κ3) is 4.71. The molecule has 0 bridgehead atoms. The van der Waals surface area contributed by atoms with Gasteiger partial charge in [-0.05, 0) is 31.0 Å². The Morgan fingerprint density at radius 1 is 1.32 bits per heavy atom. The number of rotatable bonds is 6. The second-order valence-electron chi connectivity index (χ2n) is 4.19. The van der Waals surface area contributed by atoms with E-state index < -0.39 is 12.1 Å². The molecule has 1 atom stereocenters. The molecule has 0 aliphatic carbocycles. The Bertz CT molecular complexity index is 428. The van der Waals surface area contributed by atoms with Crippen molar-refractivity contribution in [3.8, 4) is 0 Å². The zero-order chi connectivity index (χ0) is 14.3. The second kappa shape index (κ2) is 7.53. The number of hydrogen-bond donors (Lipinski definition) is 2. The number of hydrogen-bond acceptors (Lipinski definition) is 4. The fraction of sp³-hybridized carbons (Fsp3) is 0.429. The predicted molar refractivity (Wildman–Crippen MR) is 70.5 cm³/mol. The highest BCUT2D eigenvalue weighted by atomic mass is 16.5. The molecule has 1 amide bonds. The van der Waals surface area contributed by atoms with Gasteiger partial charge in [0.15, 0.2) is 6.10 Å². The summed E-state index contributed by atoms with van der Waals surface area (Å²) in [6.45, 7) is 3.96. The average molecular weight is 265 g/mol. The Morgan fingerprint density at radius 3 is 2.47 bits per heavy atom. The minimum atomic E-state index is -0.823. The van der Waals surface area contributed by atoms with Crippen molar-refractivity contribution in [3.05, 3.63) is 35.4 Å². The van der Waals surface area contributed by atoms with E-state index in [1.807, 2.05) is 6.92 Å². The standard InChI is InChI=1S/C14H19NO4/c1-3-8-15-13(17)10(2)19-14(18)12-6-4-11(9-16)5-7-12/h4-7,10,16H,3,8-9H2,1-2H3,(H,15,17)/t10-/m0/s1. The van der Waals surface area contributed by atoms with Gasteiger partial charge in [0.2, 0.25) is 0 Å². The molecule has 0 saturated heterocycles. The first-order valence-electron chi connectivity index (χ1n) is 6.27. The first kappa shape index (κ1) is 15.2. The minimum absolute atomic E-state index is 0.0782. The summed E-state index contributed by atoms with van der Waals surface area (Å²) in [7, 11) is 0. The monoisotopic (exact) mass is 265 g/mol. The molecule has 0 aliphatic rings. The highest BCUT2D eigenvalue weighted by Crippen LogP contribution is 2.07. The smallest absolute Gasteiger partial charge is 0.338 e. The van der Waals surface area contributed by atoms with Crippen LogP contribution < -0.4 is 5.32 Å². The number of amides is 1. The molecule has 0 unspecified atom stereocenters. The molecule has 0 spiro atoms. The van der Waals surface area contributed by atoms with E-state index in [0.29, 0.717) is 17.7 Å². The van der Waals surface area contributed by atoms with Crippen LogP contribution in [-0.4, -0.2) is 29.6 Å². The van der Waals surface area contributed by atoms with Gasteiger partial charge in [0.05, 0.1) is 12.2 Å². The van der Waals surface area contributed by atoms with E-state index in [0.717, 1.165) is 6.42 Å². The van der Waals surface area contributed by atoms with E-state index >= 15 is 0 Å². The van der Waals surface area contributed by atoms with Crippen molar-refractivity contribution in [3.63, 3.8) is 0 Å². The lowest BCUT2D eigenvalue weighted by Crippen LogP contribution is -2.36. The van der Waals surface area contributed by atoms with Crippen molar-refractivity contribution >= 4 is 11.9 Å². The highest BCUT2D eigenvalue weighted by Gasteiger charge is 2.18. The predicted octanol–water partition coefficient (Wildman–Crippen LogP) is 1.25. The summed E-state index contributed by atoms with van der Waals surface area (Å²) in [5, 5.41) is 11.6. The lowest BCUT2D eigenvalue weighted by molar-refractivity contribution is -0.129. The SMILES string of the molecule is CCCNC(=O)[C@H](C)OC(=O)c1ccc(CO)cc1. The molecular formula is C14H19NO4. The topological polar surface area (TPSA) is 75.6 Å². The van der Waals surface area contributed by atoms with Gasteiger partial charge in [0.1, 0.15) is 0 Å². The van der Waals surface area contributed by atoms with E-state index in [4.69, 9.17) is 9.84 Å². The summed E-state index contributed by atoms with van der Waals surface area (Å²) in [6, 6.07) is 6.39. The van der Waals surface area contributed by atoms with Gasteiger partial charge in [0.25, 0.3) is 5.91 Å². The van der Waals surface area contributed by atoms with Crippen LogP contribution >= 0.6 is 0 Å². The molecule has 2 N–H and O–H groups in total. The van der Waals surface area contributed by atoms with Gasteiger partial charge in [-0.15, -0.1) is 0 Å². The van der Waals surface area contributed by atoms with Gasteiger partial charge >= 0.3 is 5.97 Å². The van der Waals surface area contributed by atoms with Gasteiger partial charge in [-0.25, -0.2) is 4.79 Å². The highest BCUT2D eigenvalue weighted by molar-refractivity contribution is 5.92. The molecule has 1 aromatic carbocycles. The third-order valence-corrected chi connectivity index (χ3v) is 2.57. The van der Waals surface area contributed by atoms with E-state index in [9.17, 15) is 9.59 Å². The van der Waals surface area contributed by atoms with E-state index in [-0.39, 0.29) is 12.5 Å². The number of nitrogens with one attached hydrogen (secondary N) is 1. The Hall–Kier alpha value is -1.88. The molecule has 5 heteroatoms. The van der Waals surface area contributed by atoms with Crippen LogP contribution in [0, 0.1) is 0 Å². The van der Waals surface area contributed by atoms with Crippen LogP contribution in [0.25, 0.3) is 0 Å². The summed E-state index contributed by atoms with van der Waals surface area (Å²) < 4.78 is 5.06. The summed E-state index contributed by atoms with van der Waals surface area (Å²) in [6.07, 6.45) is 0.00578. The van der Waals surface area contributed by atoms with Crippen LogP contribution in [0.2, 0.25) is 0 Å². The number of ether oxygens (including phenoxy) is 1. The number of aliphatic hydroxyl groups is 1. The van der Waals surface area contributed by atoms with Crippen LogP contribution in [-0.2, 0) is 16.1 Å². The van der Waals surface area contributed by atoms with Crippen molar-refractivity contribution in [2.45, 2.75) is 33.0 Å². The molecule has 0 aromatic heterocycles. The first-order chi connectivity index (χ1) is 9.08. The molecular weight excluding hydrogens is 246 g/mol. The fourth-order valence-electron chi connectivity index (χ4n) is 1.42. The van der Waals surface area contributed by atoms with Gasteiger partial charge in [0, 0.05) is 6.54 Å². The third-order valence-electron chi connectivity index (χ3n) is 2.57. The van der Waals surface area contributed by atoms with Crippen molar-refractivity contribution in [2.75, 3.05) is 6.54 Å². The Labute approximate surface area is 112 Å². The number of benzene rings is 1. The molecule has 1 aromatic rings. The van der Waals surface area contributed by atoms with Crippen molar-refractivity contribution in [2.24, 2.45) is 0 Å². The molecule has 0 radical (unpaired) electrons. The summed E-state index contributed by atoms with van der Waals surface area (Å²) >= 11 is 0. The quantitative estimate of drug-likeness (QED) is 0.759. The zero-order valence-electron chi connectivity index (χ0n) is 11.2. The van der Waals surface area contributed by atoms with Crippen molar-refractivity contribution in [1.29, 1.82) is 0 Å². The summed E-state index contributed by atoms with van der Waals surface area (Å²) in [4.78, 5) is 23.3. The number of esters is 1. The second-order valence-corrected chi connectivity index (χ2v) is 4.19. The maximum atomic E-state index is 11.8. The molecule has 0 fully saturated rings.